The Kier molecular flexibility index (Phi) is 3.46. The molecule has 0 bridgehead atoms. The minimum atomic E-state index is -0.670. The molecule has 0 heterocycles. The van der Waals surface area contributed by atoms with Crippen LogP contribution in [-0.2, 0) is 13.9 Å². The summed E-state index contributed by atoms with van der Waals surface area (Å²) in [5.74, 6) is -0.670. The van der Waals surface area contributed by atoms with Gasteiger partial charge in [0.05, 0.1) is 6.54 Å². The fraction of sp³-hybridized carbons (Fsp3) is 0.500. The summed E-state index contributed by atoms with van der Waals surface area (Å²) >= 11 is 0. The molecule has 0 fully saturated rings. The topological polar surface area (TPSA) is 69.4 Å². The molecule has 0 radical (unpaired) electrons. The quantitative estimate of drug-likeness (QED) is 0.509. The number of hydrogen-bond acceptors (Lipinski definition) is 4. The van der Waals surface area contributed by atoms with Crippen molar-refractivity contribution >= 4 is 14.7 Å². The van der Waals surface area contributed by atoms with Gasteiger partial charge < -0.3 is 10.3 Å². The van der Waals surface area contributed by atoms with Crippen LogP contribution in [0.5, 0.6) is 0 Å². The lowest BCUT2D eigenvalue weighted by atomic mass is 10.7. The second-order valence-corrected chi connectivity index (χ2v) is 1.07. The van der Waals surface area contributed by atoms with E-state index in [0.29, 0.717) is 0 Å². The third-order valence-corrected chi connectivity index (χ3v) is 0.584. The van der Waals surface area contributed by atoms with Crippen LogP contribution >= 0.6 is 8.69 Å². The van der Waals surface area contributed by atoms with Gasteiger partial charge in [0.15, 0.2) is 0 Å². The first-order valence-electron chi connectivity index (χ1n) is 1.54. The van der Waals surface area contributed by atoms with Crippen LogP contribution < -0.4 is 5.73 Å². The highest BCUT2D eigenvalue weighted by molar-refractivity contribution is 7.18. The van der Waals surface area contributed by atoms with Gasteiger partial charge >= 0.3 is 14.7 Å². The van der Waals surface area contributed by atoms with Crippen molar-refractivity contribution in [2.45, 2.75) is 0 Å². The Morgan fingerprint density at radius 2 is 2.43 bits per heavy atom. The zero-order valence-electron chi connectivity index (χ0n) is 3.46. The van der Waals surface area contributed by atoms with E-state index >= 15 is 0 Å². The lowest BCUT2D eigenvalue weighted by molar-refractivity contribution is -0.131. The summed E-state index contributed by atoms with van der Waals surface area (Å²) in [5.41, 5.74) is 4.74. The molecule has 0 aliphatic carbocycles. The van der Waals surface area contributed by atoms with E-state index in [-0.39, 0.29) is 6.54 Å². The van der Waals surface area contributed by atoms with Gasteiger partial charge in [0.1, 0.15) is 0 Å². The molecule has 0 aromatic heterocycles. The highest BCUT2D eigenvalue weighted by atomic mass is 31.1. The monoisotopic (exact) mass is 121 g/mol. The molecule has 0 amide bonds. The highest BCUT2D eigenvalue weighted by Crippen LogP contribution is 1.91. The van der Waals surface area contributed by atoms with Crippen LogP contribution in [0.3, 0.4) is 0 Å². The highest BCUT2D eigenvalue weighted by Gasteiger charge is 1.93. The van der Waals surface area contributed by atoms with Gasteiger partial charge in [-0.2, -0.15) is 0 Å². The van der Waals surface area contributed by atoms with Crippen molar-refractivity contribution in [2.24, 2.45) is 5.73 Å². The smallest absolute Gasteiger partial charge is 0.372 e. The van der Waals surface area contributed by atoms with Gasteiger partial charge in [0.2, 0.25) is 0 Å². The molecule has 0 aromatic carbocycles. The van der Waals surface area contributed by atoms with Gasteiger partial charge in [-0.05, 0) is 0 Å². The molecule has 0 unspecified atom stereocenters. The molecule has 40 valence electrons. The Morgan fingerprint density at radius 3 is 2.57 bits per heavy atom. The largest absolute Gasteiger partial charge is 0.398 e. The Balaban J connectivity index is 3.17. The van der Waals surface area contributed by atoms with Crippen LogP contribution in [0.2, 0.25) is 0 Å². The second-order valence-electron chi connectivity index (χ2n) is 0.742. The Hall–Kier alpha value is -0.470. The van der Waals surface area contributed by atoms with Crippen molar-refractivity contribution in [2.75, 3.05) is 6.54 Å². The Morgan fingerprint density at radius 1 is 1.86 bits per heavy atom. The summed E-state index contributed by atoms with van der Waals surface area (Å²) in [4.78, 5) is 9.86. The van der Waals surface area contributed by atoms with Crippen LogP contribution in [0.4, 0.5) is 0 Å². The predicted molar refractivity (Wildman–Crippen MR) is 22.8 cm³/mol. The number of nitrogens with two attached hydrogens (primary N) is 1. The lowest BCUT2D eigenvalue weighted by Gasteiger charge is -1.83. The van der Waals surface area contributed by atoms with Crippen molar-refractivity contribution in [3.05, 3.63) is 0 Å². The van der Waals surface area contributed by atoms with Crippen LogP contribution in [0, 0.1) is 0 Å². The van der Waals surface area contributed by atoms with Crippen LogP contribution in [0.1, 0.15) is 0 Å². The molecule has 2 N–H and O–H groups in total. The van der Waals surface area contributed by atoms with E-state index in [1.807, 2.05) is 0 Å². The maximum absolute atomic E-state index is 9.86. The second kappa shape index (κ2) is 3.71. The number of rotatable bonds is 2. The molecule has 0 saturated heterocycles. The molecule has 0 aliphatic heterocycles. The third kappa shape index (κ3) is 3.36. The maximum Gasteiger partial charge on any atom is 0.398 e. The van der Waals surface area contributed by atoms with Gasteiger partial charge in [-0.1, -0.05) is 0 Å². The minimum absolute atomic E-state index is 0.227. The zero-order chi connectivity index (χ0) is 5.70. The van der Waals surface area contributed by atoms with Crippen molar-refractivity contribution < 1.29 is 13.9 Å². The summed E-state index contributed by atoms with van der Waals surface area (Å²) in [6.45, 7) is -0.227. The van der Waals surface area contributed by atoms with Crippen molar-refractivity contribution in [3.63, 3.8) is 0 Å². The standard InChI is InChI=1S/C2H4NO3P/c3-1-2(4)6-7-5/h1,3H2. The minimum Gasteiger partial charge on any atom is -0.372 e. The van der Waals surface area contributed by atoms with Crippen LogP contribution in [0.25, 0.3) is 0 Å². The molecule has 0 rings (SSSR count). The summed E-state index contributed by atoms with van der Waals surface area (Å²) in [5, 5.41) is 0. The molecule has 0 aromatic rings. The molecule has 5 heteroatoms. The van der Waals surface area contributed by atoms with Gasteiger partial charge in [0.25, 0.3) is 0 Å². The van der Waals surface area contributed by atoms with Gasteiger partial charge in [0, 0.05) is 0 Å². The van der Waals surface area contributed by atoms with Gasteiger partial charge in [-0.15, -0.1) is 0 Å². The normalized spacial score (nSPS) is 8.71. The Bertz CT molecular complexity index is 83.0. The van der Waals surface area contributed by atoms with Crippen molar-refractivity contribution in [1.29, 1.82) is 0 Å². The number of carbonyl (C=O) groups excluding carboxylic acids is 1. The van der Waals surface area contributed by atoms with E-state index in [4.69, 9.17) is 5.73 Å². The average Bonchev–Trinajstić information content (AvgIpc) is 1.68. The van der Waals surface area contributed by atoms with E-state index in [0.717, 1.165) is 0 Å². The van der Waals surface area contributed by atoms with Gasteiger partial charge in [-0.25, -0.2) is 9.36 Å². The van der Waals surface area contributed by atoms with E-state index in [2.05, 4.69) is 4.52 Å². The molecule has 4 nitrogen and oxygen atoms in total. The van der Waals surface area contributed by atoms with Crippen LogP contribution in [-0.4, -0.2) is 12.5 Å². The third-order valence-electron chi connectivity index (χ3n) is 0.306. The van der Waals surface area contributed by atoms with Crippen molar-refractivity contribution in [3.8, 4) is 0 Å². The van der Waals surface area contributed by atoms with E-state index in [9.17, 15) is 9.36 Å². The summed E-state index contributed by atoms with van der Waals surface area (Å²) in [6.07, 6.45) is 0. The molecule has 0 saturated carbocycles. The SMILES string of the molecule is NCC(=O)OP=O. The molecule has 0 spiro atoms. The summed E-state index contributed by atoms with van der Waals surface area (Å²) in [7, 11) is -0.640. The number of carbonyl (C=O) groups is 1. The summed E-state index contributed by atoms with van der Waals surface area (Å²) in [6, 6.07) is 0. The molecule has 0 aliphatic rings. The van der Waals surface area contributed by atoms with Crippen molar-refractivity contribution in [1.82, 2.24) is 0 Å². The molecule has 7 heavy (non-hydrogen) atoms. The zero-order valence-corrected chi connectivity index (χ0v) is 4.35. The maximum atomic E-state index is 9.86. The lowest BCUT2D eigenvalue weighted by Crippen LogP contribution is -2.12. The molecule has 0 atom stereocenters. The van der Waals surface area contributed by atoms with E-state index in [1.165, 1.54) is 0 Å². The van der Waals surface area contributed by atoms with E-state index in [1.54, 1.807) is 0 Å². The fourth-order valence-corrected chi connectivity index (χ4v) is 0.237. The fourth-order valence-electron chi connectivity index (χ4n) is 0.0788. The molecular formula is C2H4NO3P. The Labute approximate surface area is 41.9 Å². The first-order chi connectivity index (χ1) is 3.31. The first kappa shape index (κ1) is 6.53. The predicted octanol–water partition coefficient (Wildman–Crippen LogP) is -0.305. The van der Waals surface area contributed by atoms with Crippen LogP contribution in [0.15, 0.2) is 0 Å². The molecular weight excluding hydrogens is 117 g/mol. The first-order valence-corrected chi connectivity index (χ1v) is 2.27. The summed E-state index contributed by atoms with van der Waals surface area (Å²) < 4.78 is 13.2. The van der Waals surface area contributed by atoms with E-state index < -0.39 is 14.7 Å². The average molecular weight is 121 g/mol. The number of hydrogen-bond donors (Lipinski definition) is 1. The van der Waals surface area contributed by atoms with Gasteiger partial charge in [-0.3, -0.25) is 0 Å².